The fraction of sp³-hybridized carbons (Fsp3) is 0.375. The second-order valence-corrected chi connectivity index (χ2v) is 6.08. The summed E-state index contributed by atoms with van der Waals surface area (Å²) >= 11 is 3.47. The number of nitrogens with zero attached hydrogens (tertiary/aromatic N) is 1. The van der Waals surface area contributed by atoms with E-state index in [0.29, 0.717) is 26.1 Å². The molecule has 0 unspecified atom stereocenters. The van der Waals surface area contributed by atoms with Crippen LogP contribution in [0.25, 0.3) is 5.57 Å². The van der Waals surface area contributed by atoms with Gasteiger partial charge in [-0.05, 0) is 36.1 Å². The molecule has 0 fully saturated rings. The number of carbonyl (C=O) groups is 2. The van der Waals surface area contributed by atoms with Crippen LogP contribution in [0.2, 0.25) is 0 Å². The van der Waals surface area contributed by atoms with E-state index in [1.165, 1.54) is 11.1 Å². The zero-order chi connectivity index (χ0) is 15.9. The summed E-state index contributed by atoms with van der Waals surface area (Å²) in [5.41, 5.74) is 2.42. The summed E-state index contributed by atoms with van der Waals surface area (Å²) in [4.78, 5) is 24.1. The van der Waals surface area contributed by atoms with Gasteiger partial charge in [-0.2, -0.15) is 0 Å². The molecule has 0 spiro atoms. The van der Waals surface area contributed by atoms with Gasteiger partial charge >= 0.3 is 12.0 Å². The minimum atomic E-state index is -0.839. The van der Waals surface area contributed by atoms with Crippen molar-refractivity contribution in [2.24, 2.45) is 0 Å². The Morgan fingerprint density at radius 1 is 1.36 bits per heavy atom. The molecule has 5 nitrogen and oxygen atoms in total. The molecule has 0 radical (unpaired) electrons. The van der Waals surface area contributed by atoms with Crippen LogP contribution in [0.3, 0.4) is 0 Å². The molecular formula is C16H19BrN2O3. The van der Waals surface area contributed by atoms with E-state index < -0.39 is 5.97 Å². The maximum Gasteiger partial charge on any atom is 0.317 e. The van der Waals surface area contributed by atoms with E-state index >= 15 is 0 Å². The Morgan fingerprint density at radius 3 is 2.82 bits per heavy atom. The third-order valence-electron chi connectivity index (χ3n) is 3.54. The summed E-state index contributed by atoms with van der Waals surface area (Å²) < 4.78 is 1.05. The maximum atomic E-state index is 12.0. The van der Waals surface area contributed by atoms with Gasteiger partial charge in [0, 0.05) is 30.5 Å². The molecule has 1 aromatic carbocycles. The van der Waals surface area contributed by atoms with Crippen LogP contribution in [0.1, 0.15) is 24.8 Å². The normalized spacial score (nSPS) is 14.4. The Hall–Kier alpha value is -1.82. The zero-order valence-corrected chi connectivity index (χ0v) is 13.8. The molecule has 1 heterocycles. The minimum absolute atomic E-state index is 0.0766. The van der Waals surface area contributed by atoms with E-state index in [1.54, 1.807) is 4.90 Å². The molecule has 2 rings (SSSR count). The quantitative estimate of drug-likeness (QED) is 0.786. The zero-order valence-electron chi connectivity index (χ0n) is 12.2. The van der Waals surface area contributed by atoms with E-state index in [1.807, 2.05) is 12.1 Å². The summed E-state index contributed by atoms with van der Waals surface area (Å²) in [6.45, 7) is 1.64. The summed E-state index contributed by atoms with van der Waals surface area (Å²) in [5.74, 6) is -0.839. The van der Waals surface area contributed by atoms with E-state index in [2.05, 4.69) is 39.5 Å². The highest BCUT2D eigenvalue weighted by Crippen LogP contribution is 2.24. The lowest BCUT2D eigenvalue weighted by Crippen LogP contribution is -2.42. The van der Waals surface area contributed by atoms with Crippen molar-refractivity contribution in [3.8, 4) is 0 Å². The van der Waals surface area contributed by atoms with Crippen LogP contribution in [0.15, 0.2) is 34.8 Å². The van der Waals surface area contributed by atoms with Gasteiger partial charge in [0.25, 0.3) is 0 Å². The van der Waals surface area contributed by atoms with Crippen molar-refractivity contribution in [3.63, 3.8) is 0 Å². The van der Waals surface area contributed by atoms with Crippen molar-refractivity contribution in [3.05, 3.63) is 40.4 Å². The van der Waals surface area contributed by atoms with Crippen molar-refractivity contribution in [2.75, 3.05) is 19.6 Å². The number of urea groups is 1. The molecule has 6 heteroatoms. The molecule has 1 aromatic rings. The van der Waals surface area contributed by atoms with Crippen molar-refractivity contribution in [1.82, 2.24) is 10.2 Å². The first-order valence-electron chi connectivity index (χ1n) is 7.26. The monoisotopic (exact) mass is 366 g/mol. The van der Waals surface area contributed by atoms with Crippen LogP contribution >= 0.6 is 15.9 Å². The molecule has 0 saturated carbocycles. The molecule has 1 aliphatic rings. The topological polar surface area (TPSA) is 69.6 Å². The highest BCUT2D eigenvalue weighted by molar-refractivity contribution is 9.10. The smallest absolute Gasteiger partial charge is 0.317 e. The number of amides is 2. The fourth-order valence-electron chi connectivity index (χ4n) is 2.35. The van der Waals surface area contributed by atoms with Gasteiger partial charge in [-0.25, -0.2) is 4.79 Å². The first-order chi connectivity index (χ1) is 10.6. The van der Waals surface area contributed by atoms with Crippen LogP contribution in [-0.4, -0.2) is 41.6 Å². The standard InChI is InChI=1S/C16H19BrN2O3/c17-14-4-1-3-13(11-14)12-6-9-19(10-7-12)16(22)18-8-2-5-15(20)21/h1,3-4,6,11H,2,5,7-10H2,(H,18,22)(H,20,21). The van der Waals surface area contributed by atoms with Gasteiger partial charge in [-0.15, -0.1) is 0 Å². The number of rotatable bonds is 5. The van der Waals surface area contributed by atoms with Gasteiger partial charge in [0.05, 0.1) is 0 Å². The number of aliphatic carboxylic acids is 1. The fourth-order valence-corrected chi connectivity index (χ4v) is 2.75. The third kappa shape index (κ3) is 4.87. The van der Waals surface area contributed by atoms with Crippen LogP contribution < -0.4 is 5.32 Å². The lowest BCUT2D eigenvalue weighted by molar-refractivity contribution is -0.137. The summed E-state index contributed by atoms with van der Waals surface area (Å²) in [6, 6.07) is 8.01. The molecule has 2 amide bonds. The van der Waals surface area contributed by atoms with Crippen molar-refractivity contribution in [1.29, 1.82) is 0 Å². The second kappa shape index (κ2) is 7.98. The average molecular weight is 367 g/mol. The summed E-state index contributed by atoms with van der Waals surface area (Å²) in [6.07, 6.45) is 3.42. The van der Waals surface area contributed by atoms with Gasteiger partial charge < -0.3 is 15.3 Å². The Labute approximate surface area is 138 Å². The van der Waals surface area contributed by atoms with Crippen molar-refractivity contribution < 1.29 is 14.7 Å². The van der Waals surface area contributed by atoms with Crippen molar-refractivity contribution >= 4 is 33.5 Å². The van der Waals surface area contributed by atoms with Crippen LogP contribution in [0, 0.1) is 0 Å². The molecule has 118 valence electrons. The second-order valence-electron chi connectivity index (χ2n) is 5.16. The number of nitrogens with one attached hydrogen (secondary N) is 1. The molecule has 22 heavy (non-hydrogen) atoms. The first-order valence-corrected chi connectivity index (χ1v) is 8.05. The molecule has 0 aliphatic carbocycles. The van der Waals surface area contributed by atoms with E-state index in [4.69, 9.17) is 5.11 Å². The third-order valence-corrected chi connectivity index (χ3v) is 4.03. The van der Waals surface area contributed by atoms with Gasteiger partial charge in [0.2, 0.25) is 0 Å². The van der Waals surface area contributed by atoms with Crippen LogP contribution in [-0.2, 0) is 4.79 Å². The van der Waals surface area contributed by atoms with Crippen molar-refractivity contribution in [2.45, 2.75) is 19.3 Å². The highest BCUT2D eigenvalue weighted by atomic mass is 79.9. The van der Waals surface area contributed by atoms with Gasteiger partial charge in [0.15, 0.2) is 0 Å². The Balaban J connectivity index is 1.83. The van der Waals surface area contributed by atoms with E-state index in [0.717, 1.165) is 10.9 Å². The molecule has 0 atom stereocenters. The predicted octanol–water partition coefficient (Wildman–Crippen LogP) is 3.11. The minimum Gasteiger partial charge on any atom is -0.481 e. The van der Waals surface area contributed by atoms with Crippen LogP contribution in [0.5, 0.6) is 0 Å². The molecular weight excluding hydrogens is 348 g/mol. The number of carboxylic acids is 1. The molecule has 1 aliphatic heterocycles. The van der Waals surface area contributed by atoms with Gasteiger partial charge in [-0.3, -0.25) is 4.79 Å². The van der Waals surface area contributed by atoms with E-state index in [9.17, 15) is 9.59 Å². The number of benzene rings is 1. The first kappa shape index (κ1) is 16.5. The van der Waals surface area contributed by atoms with Gasteiger partial charge in [0.1, 0.15) is 0 Å². The lowest BCUT2D eigenvalue weighted by Gasteiger charge is -2.27. The number of carboxylic acid groups (broad SMARTS) is 1. The maximum absolute atomic E-state index is 12.0. The van der Waals surface area contributed by atoms with Crippen LogP contribution in [0.4, 0.5) is 4.79 Å². The largest absolute Gasteiger partial charge is 0.481 e. The molecule has 2 N–H and O–H groups in total. The van der Waals surface area contributed by atoms with Gasteiger partial charge in [-0.1, -0.05) is 34.1 Å². The van der Waals surface area contributed by atoms with E-state index in [-0.39, 0.29) is 12.5 Å². The lowest BCUT2D eigenvalue weighted by atomic mass is 10.00. The molecule has 0 aromatic heterocycles. The highest BCUT2D eigenvalue weighted by Gasteiger charge is 2.17. The Kier molecular flexibility index (Phi) is 6.00. The summed E-state index contributed by atoms with van der Waals surface area (Å²) in [7, 11) is 0. The number of carbonyl (C=O) groups excluding carboxylic acids is 1. The Morgan fingerprint density at radius 2 is 2.18 bits per heavy atom. The molecule has 0 bridgehead atoms. The number of hydrogen-bond acceptors (Lipinski definition) is 2. The predicted molar refractivity (Wildman–Crippen MR) is 88.6 cm³/mol. The molecule has 0 saturated heterocycles. The number of hydrogen-bond donors (Lipinski definition) is 2. The summed E-state index contributed by atoms with van der Waals surface area (Å²) in [5, 5.41) is 11.3. The Bertz CT molecular complexity index is 587. The SMILES string of the molecule is O=C(O)CCCNC(=O)N1CC=C(c2cccc(Br)c2)CC1. The average Bonchev–Trinajstić information content (AvgIpc) is 2.51. The number of halogens is 1.